The maximum absolute atomic E-state index is 13.6. The molecule has 4 rings (SSSR count). The summed E-state index contributed by atoms with van der Waals surface area (Å²) in [6.07, 6.45) is 0.890. The molecule has 0 atom stereocenters. The van der Waals surface area contributed by atoms with Crippen LogP contribution in [0.15, 0.2) is 72.4 Å². The van der Waals surface area contributed by atoms with Crippen LogP contribution in [0.2, 0.25) is 5.02 Å². The second kappa shape index (κ2) is 9.51. The van der Waals surface area contributed by atoms with Crippen molar-refractivity contribution in [2.75, 3.05) is 16.8 Å². The number of carbonyl (C=O) groups is 2. The van der Waals surface area contributed by atoms with Crippen molar-refractivity contribution in [3.05, 3.63) is 94.1 Å². The Bertz CT molecular complexity index is 1250. The van der Waals surface area contributed by atoms with Crippen LogP contribution in [0.3, 0.4) is 0 Å². The minimum atomic E-state index is -0.404. The molecule has 6 heteroatoms. The fraction of sp³-hybridized carbons (Fsp3) is 0.185. The molecule has 0 saturated carbocycles. The van der Waals surface area contributed by atoms with E-state index >= 15 is 0 Å². The Morgan fingerprint density at radius 3 is 2.39 bits per heavy atom. The van der Waals surface area contributed by atoms with E-state index in [1.807, 2.05) is 57.2 Å². The number of imide groups is 1. The van der Waals surface area contributed by atoms with Gasteiger partial charge in [-0.15, -0.1) is 0 Å². The summed E-state index contributed by atoms with van der Waals surface area (Å²) in [7, 11) is 0. The monoisotopic (exact) mass is 460 g/mol. The summed E-state index contributed by atoms with van der Waals surface area (Å²) in [6, 6.07) is 19.9. The first-order valence-corrected chi connectivity index (χ1v) is 11.2. The smallest absolute Gasteiger partial charge is 0.282 e. The molecule has 1 aliphatic heterocycles. The molecule has 3 aromatic rings. The average molecular weight is 461 g/mol. The summed E-state index contributed by atoms with van der Waals surface area (Å²) in [5.74, 6) is -0.0888. The second-order valence-electron chi connectivity index (χ2n) is 7.92. The SMILES string of the molecule is CCCOc1cccc(NC2=C(c3ccc(Cl)cc3)C(=O)N(c3cccc(C)c3C)C2=O)c1. The Morgan fingerprint density at radius 1 is 0.939 bits per heavy atom. The summed E-state index contributed by atoms with van der Waals surface area (Å²) in [5.41, 5.74) is 4.26. The van der Waals surface area contributed by atoms with Gasteiger partial charge in [-0.3, -0.25) is 9.59 Å². The van der Waals surface area contributed by atoms with E-state index < -0.39 is 5.91 Å². The Labute approximate surface area is 198 Å². The molecule has 0 aliphatic carbocycles. The minimum absolute atomic E-state index is 0.218. The number of carbonyl (C=O) groups excluding carboxylic acids is 2. The quantitative estimate of drug-likeness (QED) is 0.430. The van der Waals surface area contributed by atoms with Crippen LogP contribution in [0.5, 0.6) is 5.75 Å². The van der Waals surface area contributed by atoms with Gasteiger partial charge in [0.05, 0.1) is 17.9 Å². The summed E-state index contributed by atoms with van der Waals surface area (Å²) < 4.78 is 5.72. The van der Waals surface area contributed by atoms with Gasteiger partial charge in [-0.2, -0.15) is 0 Å². The van der Waals surface area contributed by atoms with Crippen molar-refractivity contribution in [3.63, 3.8) is 0 Å². The molecule has 0 fully saturated rings. The van der Waals surface area contributed by atoms with Crippen LogP contribution in [0.4, 0.5) is 11.4 Å². The highest BCUT2D eigenvalue weighted by atomic mass is 35.5. The lowest BCUT2D eigenvalue weighted by molar-refractivity contribution is -0.120. The van der Waals surface area contributed by atoms with Crippen LogP contribution >= 0.6 is 11.6 Å². The maximum Gasteiger partial charge on any atom is 0.282 e. The highest BCUT2D eigenvalue weighted by Gasteiger charge is 2.41. The van der Waals surface area contributed by atoms with E-state index in [9.17, 15) is 9.59 Å². The van der Waals surface area contributed by atoms with Gasteiger partial charge in [0.15, 0.2) is 0 Å². The number of nitrogens with zero attached hydrogens (tertiary/aromatic N) is 1. The van der Waals surface area contributed by atoms with Gasteiger partial charge in [0.2, 0.25) is 0 Å². The van der Waals surface area contributed by atoms with Crippen LogP contribution < -0.4 is 15.0 Å². The van der Waals surface area contributed by atoms with Crippen LogP contribution in [0, 0.1) is 13.8 Å². The van der Waals surface area contributed by atoms with E-state index in [4.69, 9.17) is 16.3 Å². The van der Waals surface area contributed by atoms with Crippen molar-refractivity contribution in [1.82, 2.24) is 0 Å². The highest BCUT2D eigenvalue weighted by molar-refractivity contribution is 6.46. The summed E-state index contributed by atoms with van der Waals surface area (Å²) in [6.45, 7) is 6.50. The first-order valence-electron chi connectivity index (χ1n) is 10.9. The topological polar surface area (TPSA) is 58.6 Å². The van der Waals surface area contributed by atoms with E-state index in [0.717, 1.165) is 17.5 Å². The first kappa shape index (κ1) is 22.6. The maximum atomic E-state index is 13.6. The molecule has 0 radical (unpaired) electrons. The fourth-order valence-corrected chi connectivity index (χ4v) is 3.88. The molecular formula is C27H25ClN2O3. The summed E-state index contributed by atoms with van der Waals surface area (Å²) in [5, 5.41) is 3.74. The van der Waals surface area contributed by atoms with E-state index in [2.05, 4.69) is 5.32 Å². The van der Waals surface area contributed by atoms with Crippen molar-refractivity contribution < 1.29 is 14.3 Å². The molecule has 33 heavy (non-hydrogen) atoms. The molecule has 1 N–H and O–H groups in total. The molecule has 0 spiro atoms. The zero-order valence-corrected chi connectivity index (χ0v) is 19.6. The Balaban J connectivity index is 1.79. The predicted octanol–water partition coefficient (Wildman–Crippen LogP) is 6.14. The Morgan fingerprint density at radius 2 is 1.67 bits per heavy atom. The largest absolute Gasteiger partial charge is 0.494 e. The van der Waals surface area contributed by atoms with Crippen molar-refractivity contribution in [2.24, 2.45) is 0 Å². The van der Waals surface area contributed by atoms with Gasteiger partial charge in [0, 0.05) is 16.8 Å². The zero-order chi connectivity index (χ0) is 23.5. The van der Waals surface area contributed by atoms with Crippen LogP contribution in [-0.2, 0) is 9.59 Å². The van der Waals surface area contributed by atoms with Gasteiger partial charge in [-0.25, -0.2) is 4.90 Å². The molecule has 1 heterocycles. The second-order valence-corrected chi connectivity index (χ2v) is 8.36. The number of rotatable bonds is 7. The highest BCUT2D eigenvalue weighted by Crippen LogP contribution is 2.36. The third-order valence-corrected chi connectivity index (χ3v) is 5.86. The van der Waals surface area contributed by atoms with Gasteiger partial charge in [0.1, 0.15) is 11.4 Å². The van der Waals surface area contributed by atoms with Crippen molar-refractivity contribution in [3.8, 4) is 5.75 Å². The molecule has 1 aliphatic rings. The van der Waals surface area contributed by atoms with Gasteiger partial charge in [-0.1, -0.05) is 48.9 Å². The number of hydrogen-bond donors (Lipinski definition) is 1. The summed E-state index contributed by atoms with van der Waals surface area (Å²) in [4.78, 5) is 28.5. The van der Waals surface area contributed by atoms with Crippen molar-refractivity contribution >= 4 is 40.4 Å². The van der Waals surface area contributed by atoms with E-state index in [1.165, 1.54) is 4.90 Å². The van der Waals surface area contributed by atoms with Gasteiger partial charge < -0.3 is 10.1 Å². The molecule has 5 nitrogen and oxygen atoms in total. The van der Waals surface area contributed by atoms with Gasteiger partial charge >= 0.3 is 0 Å². The zero-order valence-electron chi connectivity index (χ0n) is 18.8. The van der Waals surface area contributed by atoms with E-state index in [-0.39, 0.29) is 11.6 Å². The third kappa shape index (κ3) is 4.50. The number of aryl methyl sites for hydroxylation is 1. The first-order chi connectivity index (χ1) is 15.9. The molecule has 3 aromatic carbocycles. The predicted molar refractivity (Wildman–Crippen MR) is 133 cm³/mol. The van der Waals surface area contributed by atoms with Crippen molar-refractivity contribution in [2.45, 2.75) is 27.2 Å². The lowest BCUT2D eigenvalue weighted by Gasteiger charge is -2.19. The minimum Gasteiger partial charge on any atom is -0.494 e. The van der Waals surface area contributed by atoms with Crippen LogP contribution in [0.25, 0.3) is 5.57 Å². The number of hydrogen-bond acceptors (Lipinski definition) is 4. The van der Waals surface area contributed by atoms with Gasteiger partial charge in [0.25, 0.3) is 11.8 Å². The normalized spacial score (nSPS) is 13.6. The van der Waals surface area contributed by atoms with Crippen molar-refractivity contribution in [1.29, 1.82) is 0 Å². The number of ether oxygens (including phenoxy) is 1. The van der Waals surface area contributed by atoms with E-state index in [0.29, 0.717) is 39.9 Å². The molecule has 2 amide bonds. The van der Waals surface area contributed by atoms with Crippen LogP contribution in [0.1, 0.15) is 30.0 Å². The molecule has 168 valence electrons. The molecule has 0 bridgehead atoms. The van der Waals surface area contributed by atoms with Gasteiger partial charge in [-0.05, 0) is 67.3 Å². The molecule has 0 aromatic heterocycles. The lowest BCUT2D eigenvalue weighted by Crippen LogP contribution is -2.33. The number of anilines is 2. The number of halogens is 1. The Kier molecular flexibility index (Phi) is 6.52. The molecular weight excluding hydrogens is 436 g/mol. The average Bonchev–Trinajstić information content (AvgIpc) is 3.04. The summed E-state index contributed by atoms with van der Waals surface area (Å²) >= 11 is 6.06. The molecule has 0 unspecified atom stereocenters. The standard InChI is InChI=1S/C27H25ClN2O3/c1-4-15-33-22-9-6-8-21(16-22)29-25-24(19-11-13-20(28)14-12-19)26(31)30(27(25)32)23-10-5-7-17(2)18(23)3/h5-14,16,29H,4,15H2,1-3H3. The van der Waals surface area contributed by atoms with E-state index in [1.54, 1.807) is 30.3 Å². The number of benzene rings is 3. The molecule has 0 saturated heterocycles. The number of amides is 2. The Hall–Kier alpha value is -3.57. The third-order valence-electron chi connectivity index (χ3n) is 5.61. The fourth-order valence-electron chi connectivity index (χ4n) is 3.75. The van der Waals surface area contributed by atoms with Crippen LogP contribution in [-0.4, -0.2) is 18.4 Å². The lowest BCUT2D eigenvalue weighted by atomic mass is 10.0. The number of nitrogens with one attached hydrogen (secondary N) is 1.